The first-order valence-corrected chi connectivity index (χ1v) is 13.6. The van der Waals surface area contributed by atoms with Crippen LogP contribution in [0.2, 0.25) is 0 Å². The molecule has 39 heavy (non-hydrogen) atoms. The quantitative estimate of drug-likeness (QED) is 0.227. The molecule has 1 amide bonds. The number of esters is 1. The lowest BCUT2D eigenvalue weighted by Crippen LogP contribution is -2.42. The highest BCUT2D eigenvalue weighted by Crippen LogP contribution is 2.32. The Morgan fingerprint density at radius 2 is 1.74 bits per heavy atom. The van der Waals surface area contributed by atoms with Gasteiger partial charge >= 0.3 is 5.97 Å². The van der Waals surface area contributed by atoms with E-state index >= 15 is 0 Å². The number of hydrogen-bond acceptors (Lipinski definition) is 9. The van der Waals surface area contributed by atoms with Crippen molar-refractivity contribution in [3.63, 3.8) is 0 Å². The molecule has 0 aliphatic carbocycles. The molecule has 2 N–H and O–H groups in total. The summed E-state index contributed by atoms with van der Waals surface area (Å²) in [4.78, 5) is 27.6. The maximum Gasteiger partial charge on any atom is 0.302 e. The Balaban J connectivity index is 1.84. The summed E-state index contributed by atoms with van der Waals surface area (Å²) in [6.07, 6.45) is 3.36. The van der Waals surface area contributed by atoms with Crippen LogP contribution in [-0.4, -0.2) is 65.2 Å². The van der Waals surface area contributed by atoms with E-state index in [4.69, 9.17) is 14.2 Å². The Hall–Kier alpha value is -4.32. The van der Waals surface area contributed by atoms with Crippen molar-refractivity contribution in [3.8, 4) is 11.5 Å². The molecular formula is C27H32N4O7S. The van der Waals surface area contributed by atoms with Crippen molar-refractivity contribution in [2.24, 2.45) is 0 Å². The molecule has 0 saturated carbocycles. The standard InChI is InChI=1S/C27H32N4O7S/c1-20-16-23(18-24(17-20)38-15-12-29-22-8-10-28-11-9-22)31(19-27(33)30-13-14-37-21(2)32)39(34,35)26-7-5-4-6-25(26)36-3/h4-11,16-18H,12-15,19H2,1-3H3,(H,28,29)(H,30,33). The minimum absolute atomic E-state index is 0.0315. The van der Waals surface area contributed by atoms with Crippen molar-refractivity contribution in [1.82, 2.24) is 10.3 Å². The van der Waals surface area contributed by atoms with Crippen molar-refractivity contribution >= 4 is 33.3 Å². The van der Waals surface area contributed by atoms with Crippen LogP contribution in [0.1, 0.15) is 12.5 Å². The Morgan fingerprint density at radius 3 is 2.46 bits per heavy atom. The Bertz CT molecular complexity index is 1370. The SMILES string of the molecule is COc1ccccc1S(=O)(=O)N(CC(=O)NCCOC(C)=O)c1cc(C)cc(OCCNc2ccncc2)c1. The number of hydrogen-bond donors (Lipinski definition) is 2. The molecule has 0 unspecified atom stereocenters. The van der Waals surface area contributed by atoms with Crippen LogP contribution in [0.15, 0.2) is 71.9 Å². The van der Waals surface area contributed by atoms with Gasteiger partial charge in [0.05, 0.1) is 19.3 Å². The first-order chi connectivity index (χ1) is 18.7. The molecule has 3 rings (SSSR count). The van der Waals surface area contributed by atoms with Crippen LogP contribution in [-0.2, 0) is 24.3 Å². The average molecular weight is 557 g/mol. The number of pyridine rings is 1. The van der Waals surface area contributed by atoms with Gasteiger partial charge in [-0.3, -0.25) is 18.9 Å². The summed E-state index contributed by atoms with van der Waals surface area (Å²) in [5.74, 6) is -0.472. The number of carbonyl (C=O) groups excluding carboxylic acids is 2. The number of anilines is 2. The number of rotatable bonds is 14. The number of para-hydroxylation sites is 1. The molecule has 0 bridgehead atoms. The first kappa shape index (κ1) is 29.2. The molecule has 208 valence electrons. The second-order valence-corrected chi connectivity index (χ2v) is 10.2. The fourth-order valence-electron chi connectivity index (χ4n) is 3.63. The molecule has 12 heteroatoms. The highest BCUT2D eigenvalue weighted by molar-refractivity contribution is 7.93. The minimum atomic E-state index is -4.24. The molecule has 0 aliphatic rings. The Kier molecular flexibility index (Phi) is 10.5. The molecule has 11 nitrogen and oxygen atoms in total. The van der Waals surface area contributed by atoms with Crippen LogP contribution in [0.4, 0.5) is 11.4 Å². The minimum Gasteiger partial charge on any atom is -0.495 e. The van der Waals surface area contributed by atoms with Gasteiger partial charge in [0, 0.05) is 37.6 Å². The summed E-state index contributed by atoms with van der Waals surface area (Å²) in [5, 5.41) is 5.79. The van der Waals surface area contributed by atoms with Crippen LogP contribution in [0.3, 0.4) is 0 Å². The van der Waals surface area contributed by atoms with Crippen molar-refractivity contribution in [3.05, 3.63) is 72.6 Å². The lowest BCUT2D eigenvalue weighted by molar-refractivity contribution is -0.141. The van der Waals surface area contributed by atoms with Crippen molar-refractivity contribution in [1.29, 1.82) is 0 Å². The lowest BCUT2D eigenvalue weighted by Gasteiger charge is -2.26. The largest absolute Gasteiger partial charge is 0.495 e. The predicted octanol–water partition coefficient (Wildman–Crippen LogP) is 2.76. The van der Waals surface area contributed by atoms with E-state index in [2.05, 4.69) is 15.6 Å². The van der Waals surface area contributed by atoms with Crippen LogP contribution in [0, 0.1) is 6.92 Å². The van der Waals surface area contributed by atoms with Crippen LogP contribution < -0.4 is 24.4 Å². The number of sulfonamides is 1. The van der Waals surface area contributed by atoms with E-state index in [1.807, 2.05) is 12.1 Å². The number of benzene rings is 2. The third-order valence-electron chi connectivity index (χ3n) is 5.36. The highest BCUT2D eigenvalue weighted by atomic mass is 32.2. The molecule has 2 aromatic carbocycles. The van der Waals surface area contributed by atoms with E-state index in [0.717, 1.165) is 15.6 Å². The number of amides is 1. The molecule has 0 spiro atoms. The monoisotopic (exact) mass is 556 g/mol. The Labute approximate surface area is 228 Å². The summed E-state index contributed by atoms with van der Waals surface area (Å²) in [7, 11) is -2.87. The number of carbonyl (C=O) groups is 2. The fourth-order valence-corrected chi connectivity index (χ4v) is 5.19. The third-order valence-corrected chi connectivity index (χ3v) is 7.17. The van der Waals surface area contributed by atoms with Gasteiger partial charge in [0.2, 0.25) is 5.91 Å². The highest BCUT2D eigenvalue weighted by Gasteiger charge is 2.30. The molecule has 0 radical (unpaired) electrons. The van der Waals surface area contributed by atoms with Crippen LogP contribution in [0.5, 0.6) is 11.5 Å². The van der Waals surface area contributed by atoms with Gasteiger partial charge in [-0.05, 0) is 48.9 Å². The van der Waals surface area contributed by atoms with Gasteiger partial charge in [-0.15, -0.1) is 0 Å². The van der Waals surface area contributed by atoms with Crippen molar-refractivity contribution in [2.75, 3.05) is 49.6 Å². The second kappa shape index (κ2) is 14.0. The number of nitrogens with zero attached hydrogens (tertiary/aromatic N) is 2. The first-order valence-electron chi connectivity index (χ1n) is 12.1. The van der Waals surface area contributed by atoms with Gasteiger partial charge in [-0.25, -0.2) is 8.42 Å². The fraction of sp³-hybridized carbons (Fsp3) is 0.296. The number of aromatic nitrogens is 1. The smallest absolute Gasteiger partial charge is 0.302 e. The van der Waals surface area contributed by atoms with Crippen LogP contribution in [0.25, 0.3) is 0 Å². The molecule has 0 saturated heterocycles. The van der Waals surface area contributed by atoms with E-state index in [1.165, 1.54) is 26.2 Å². The number of methoxy groups -OCH3 is 1. The van der Waals surface area contributed by atoms with Gasteiger partial charge in [0.1, 0.15) is 36.2 Å². The van der Waals surface area contributed by atoms with Crippen molar-refractivity contribution < 1.29 is 32.2 Å². The van der Waals surface area contributed by atoms with Gasteiger partial charge in [-0.2, -0.15) is 0 Å². The lowest BCUT2D eigenvalue weighted by atomic mass is 10.2. The zero-order chi connectivity index (χ0) is 28.3. The van der Waals surface area contributed by atoms with E-state index in [9.17, 15) is 18.0 Å². The van der Waals surface area contributed by atoms with E-state index in [-0.39, 0.29) is 29.5 Å². The van der Waals surface area contributed by atoms with E-state index in [0.29, 0.717) is 18.9 Å². The maximum absolute atomic E-state index is 13.8. The number of aryl methyl sites for hydroxylation is 1. The number of nitrogens with one attached hydrogen (secondary N) is 2. The summed E-state index contributed by atoms with van der Waals surface area (Å²) >= 11 is 0. The van der Waals surface area contributed by atoms with Gasteiger partial charge in [-0.1, -0.05) is 12.1 Å². The zero-order valence-electron chi connectivity index (χ0n) is 22.0. The maximum atomic E-state index is 13.8. The Morgan fingerprint density at radius 1 is 1.00 bits per heavy atom. The molecule has 3 aromatic rings. The normalized spacial score (nSPS) is 10.8. The predicted molar refractivity (Wildman–Crippen MR) is 147 cm³/mol. The summed E-state index contributed by atoms with van der Waals surface area (Å²) in [6, 6.07) is 14.9. The summed E-state index contributed by atoms with van der Waals surface area (Å²) in [6.45, 7) is 3.36. The second-order valence-electron chi connectivity index (χ2n) is 8.37. The van der Waals surface area contributed by atoms with E-state index < -0.39 is 28.4 Å². The van der Waals surface area contributed by atoms with Crippen molar-refractivity contribution in [2.45, 2.75) is 18.7 Å². The summed E-state index contributed by atoms with van der Waals surface area (Å²) < 4.78 is 44.7. The number of ether oxygens (including phenoxy) is 3. The molecule has 1 heterocycles. The molecule has 1 aromatic heterocycles. The molecular weight excluding hydrogens is 524 g/mol. The summed E-state index contributed by atoms with van der Waals surface area (Å²) in [5.41, 5.74) is 1.88. The average Bonchev–Trinajstić information content (AvgIpc) is 2.92. The van der Waals surface area contributed by atoms with Crippen LogP contribution >= 0.6 is 0 Å². The third kappa shape index (κ3) is 8.60. The van der Waals surface area contributed by atoms with Gasteiger partial charge < -0.3 is 24.8 Å². The van der Waals surface area contributed by atoms with E-state index in [1.54, 1.807) is 49.6 Å². The molecule has 0 fully saturated rings. The molecule has 0 aliphatic heterocycles. The van der Waals surface area contributed by atoms with Gasteiger partial charge in [0.15, 0.2) is 0 Å². The molecule has 0 atom stereocenters. The van der Waals surface area contributed by atoms with Gasteiger partial charge in [0.25, 0.3) is 10.0 Å². The zero-order valence-corrected chi connectivity index (χ0v) is 22.9. The topological polar surface area (TPSA) is 136 Å².